The van der Waals surface area contributed by atoms with Gasteiger partial charge in [0.15, 0.2) is 5.16 Å². The molecule has 4 rings (SSSR count). The molecule has 1 amide bonds. The number of pyridine rings is 2. The number of aromatic nitrogens is 7. The highest BCUT2D eigenvalue weighted by atomic mass is 32.2. The molecule has 0 fully saturated rings. The molecule has 0 unspecified atom stereocenters. The SMILES string of the molecule is Cc1nsc(NC(=O)c2nc(Sc3nnc[nH]3)ccc2Sc2ccc(CO)nc2)n1. The molecular weight excluding hydrogens is 444 g/mol. The van der Waals surface area contributed by atoms with Crippen molar-refractivity contribution in [3.8, 4) is 0 Å². The molecule has 152 valence electrons. The molecule has 0 saturated carbocycles. The van der Waals surface area contributed by atoms with Crippen molar-refractivity contribution < 1.29 is 9.90 Å². The lowest BCUT2D eigenvalue weighted by atomic mass is 10.3. The molecule has 0 spiro atoms. The summed E-state index contributed by atoms with van der Waals surface area (Å²) in [6.45, 7) is 1.62. The first-order valence-electron chi connectivity index (χ1n) is 8.51. The van der Waals surface area contributed by atoms with Gasteiger partial charge in [-0.05, 0) is 43.0 Å². The summed E-state index contributed by atoms with van der Waals surface area (Å²) in [5, 5.41) is 21.1. The Hall–Kier alpha value is -2.87. The molecule has 0 aliphatic rings. The normalized spacial score (nSPS) is 10.9. The number of hydrogen-bond acceptors (Lipinski definition) is 11. The average Bonchev–Trinajstić information content (AvgIpc) is 3.41. The van der Waals surface area contributed by atoms with Crippen LogP contribution in [0.3, 0.4) is 0 Å². The lowest BCUT2D eigenvalue weighted by Crippen LogP contribution is -2.15. The predicted octanol–water partition coefficient (Wildman–Crippen LogP) is 2.80. The van der Waals surface area contributed by atoms with E-state index in [1.165, 1.54) is 29.9 Å². The van der Waals surface area contributed by atoms with Crippen LogP contribution in [0.4, 0.5) is 5.13 Å². The van der Waals surface area contributed by atoms with Gasteiger partial charge in [0.2, 0.25) is 5.13 Å². The summed E-state index contributed by atoms with van der Waals surface area (Å²) in [5.41, 5.74) is 0.810. The molecule has 0 saturated heterocycles. The fourth-order valence-electron chi connectivity index (χ4n) is 2.27. The van der Waals surface area contributed by atoms with Crippen molar-refractivity contribution in [2.75, 3.05) is 5.32 Å². The smallest absolute Gasteiger partial charge is 0.277 e. The van der Waals surface area contributed by atoms with Crippen LogP contribution in [0.15, 0.2) is 56.8 Å². The third-order valence-corrected chi connectivity index (χ3v) is 6.16. The maximum atomic E-state index is 12.9. The number of amides is 1. The summed E-state index contributed by atoms with van der Waals surface area (Å²) in [6, 6.07) is 7.18. The monoisotopic (exact) mass is 458 g/mol. The molecule has 4 aromatic rings. The topological polar surface area (TPSA) is 142 Å². The zero-order valence-electron chi connectivity index (χ0n) is 15.4. The van der Waals surface area contributed by atoms with E-state index in [4.69, 9.17) is 5.11 Å². The number of nitrogens with zero attached hydrogens (tertiary/aromatic N) is 6. The molecule has 30 heavy (non-hydrogen) atoms. The molecule has 3 N–H and O–H groups in total. The van der Waals surface area contributed by atoms with E-state index in [1.54, 1.807) is 25.3 Å². The highest BCUT2D eigenvalue weighted by molar-refractivity contribution is 7.99. The van der Waals surface area contributed by atoms with E-state index in [1.807, 2.05) is 12.1 Å². The maximum Gasteiger partial charge on any atom is 0.277 e. The quantitative estimate of drug-likeness (QED) is 0.378. The van der Waals surface area contributed by atoms with Crippen LogP contribution in [0.2, 0.25) is 0 Å². The summed E-state index contributed by atoms with van der Waals surface area (Å²) in [5.74, 6) is 0.191. The number of aryl methyl sites for hydroxylation is 1. The minimum absolute atomic E-state index is 0.130. The Morgan fingerprint density at radius 1 is 1.23 bits per heavy atom. The van der Waals surface area contributed by atoms with Crippen LogP contribution in [0.5, 0.6) is 0 Å². The van der Waals surface area contributed by atoms with E-state index < -0.39 is 5.91 Å². The lowest BCUT2D eigenvalue weighted by molar-refractivity contribution is 0.101. The van der Waals surface area contributed by atoms with Crippen molar-refractivity contribution in [2.24, 2.45) is 0 Å². The Morgan fingerprint density at radius 2 is 2.13 bits per heavy atom. The minimum Gasteiger partial charge on any atom is -0.390 e. The van der Waals surface area contributed by atoms with Crippen molar-refractivity contribution >= 4 is 46.1 Å². The largest absolute Gasteiger partial charge is 0.390 e. The van der Waals surface area contributed by atoms with E-state index >= 15 is 0 Å². The average molecular weight is 459 g/mol. The molecule has 0 bridgehead atoms. The zero-order chi connectivity index (χ0) is 20.9. The van der Waals surface area contributed by atoms with Gasteiger partial charge >= 0.3 is 0 Å². The molecule has 0 atom stereocenters. The minimum atomic E-state index is -0.395. The van der Waals surface area contributed by atoms with Gasteiger partial charge in [-0.2, -0.15) is 4.37 Å². The molecule has 0 aliphatic carbocycles. The molecular formula is C17H14N8O2S3. The Morgan fingerprint density at radius 3 is 2.80 bits per heavy atom. The summed E-state index contributed by atoms with van der Waals surface area (Å²) < 4.78 is 4.08. The molecule has 4 heterocycles. The Labute approximate surface area is 183 Å². The van der Waals surface area contributed by atoms with E-state index in [0.29, 0.717) is 31.7 Å². The number of aliphatic hydroxyl groups is 1. The summed E-state index contributed by atoms with van der Waals surface area (Å²) >= 11 is 3.71. The van der Waals surface area contributed by atoms with Gasteiger partial charge in [0, 0.05) is 27.5 Å². The van der Waals surface area contributed by atoms with Gasteiger partial charge in [-0.1, -0.05) is 11.8 Å². The molecule has 0 aliphatic heterocycles. The Bertz CT molecular complexity index is 1150. The summed E-state index contributed by atoms with van der Waals surface area (Å²) in [4.78, 5) is 30.2. The molecule has 4 aromatic heterocycles. The maximum absolute atomic E-state index is 12.9. The third-order valence-electron chi connectivity index (χ3n) is 3.58. The first-order chi connectivity index (χ1) is 14.6. The molecule has 13 heteroatoms. The van der Waals surface area contributed by atoms with Crippen LogP contribution >= 0.6 is 35.1 Å². The summed E-state index contributed by atoms with van der Waals surface area (Å²) in [7, 11) is 0. The second kappa shape index (κ2) is 9.30. The Kier molecular flexibility index (Phi) is 6.32. The standard InChI is InChI=1S/C17H14N8O2S3/c1-9-21-17(30-25-9)23-15(27)14-12(28-11-3-2-10(7-26)18-6-11)4-5-13(22-14)29-16-19-8-20-24-16/h2-6,8,26H,7H2,1H3,(H,19,20,24)(H,21,23,25,27). The number of nitrogens with one attached hydrogen (secondary N) is 2. The number of anilines is 1. The van der Waals surface area contributed by atoms with Crippen LogP contribution in [-0.2, 0) is 6.61 Å². The van der Waals surface area contributed by atoms with Gasteiger partial charge < -0.3 is 10.1 Å². The molecule has 0 radical (unpaired) electrons. The van der Waals surface area contributed by atoms with Crippen LogP contribution in [0.25, 0.3) is 0 Å². The number of carbonyl (C=O) groups is 1. The number of carbonyl (C=O) groups excluding carboxylic acids is 1. The number of H-pyrrole nitrogens is 1. The number of aliphatic hydroxyl groups excluding tert-OH is 1. The van der Waals surface area contributed by atoms with Crippen LogP contribution < -0.4 is 5.32 Å². The highest BCUT2D eigenvalue weighted by Crippen LogP contribution is 2.32. The van der Waals surface area contributed by atoms with E-state index in [9.17, 15) is 4.79 Å². The number of rotatable bonds is 7. The third kappa shape index (κ3) is 4.99. The number of aromatic amines is 1. The van der Waals surface area contributed by atoms with Crippen molar-refractivity contribution in [2.45, 2.75) is 33.5 Å². The zero-order valence-corrected chi connectivity index (χ0v) is 17.9. The van der Waals surface area contributed by atoms with E-state index in [0.717, 1.165) is 16.4 Å². The van der Waals surface area contributed by atoms with Crippen molar-refractivity contribution in [3.63, 3.8) is 0 Å². The second-order valence-electron chi connectivity index (χ2n) is 5.74. The van der Waals surface area contributed by atoms with E-state index in [-0.39, 0.29) is 12.3 Å². The highest BCUT2D eigenvalue weighted by Gasteiger charge is 2.18. The van der Waals surface area contributed by atoms with Crippen LogP contribution in [0, 0.1) is 6.92 Å². The fraction of sp³-hybridized carbons (Fsp3) is 0.118. The molecule has 10 nitrogen and oxygen atoms in total. The van der Waals surface area contributed by atoms with E-state index in [2.05, 4.69) is 39.8 Å². The number of hydrogen-bond donors (Lipinski definition) is 3. The van der Waals surface area contributed by atoms with Gasteiger partial charge in [-0.25, -0.2) is 9.97 Å². The first-order valence-corrected chi connectivity index (χ1v) is 10.9. The summed E-state index contributed by atoms with van der Waals surface area (Å²) in [6.07, 6.45) is 3.12. The van der Waals surface area contributed by atoms with Gasteiger partial charge in [0.25, 0.3) is 5.91 Å². The van der Waals surface area contributed by atoms with Gasteiger partial charge in [0.05, 0.1) is 12.3 Å². The van der Waals surface area contributed by atoms with Crippen LogP contribution in [0.1, 0.15) is 22.0 Å². The van der Waals surface area contributed by atoms with Gasteiger partial charge in [0.1, 0.15) is 22.9 Å². The van der Waals surface area contributed by atoms with Gasteiger partial charge in [-0.15, -0.1) is 10.2 Å². The predicted molar refractivity (Wildman–Crippen MR) is 112 cm³/mol. The Balaban J connectivity index is 1.63. The first kappa shape index (κ1) is 20.4. The van der Waals surface area contributed by atoms with Crippen molar-refractivity contribution in [1.29, 1.82) is 0 Å². The fourth-order valence-corrected chi connectivity index (χ4v) is 4.38. The van der Waals surface area contributed by atoms with Crippen molar-refractivity contribution in [1.82, 2.24) is 34.5 Å². The molecule has 0 aromatic carbocycles. The second-order valence-corrected chi connectivity index (χ2v) is 8.61. The van der Waals surface area contributed by atoms with Crippen LogP contribution in [-0.4, -0.2) is 45.5 Å². The van der Waals surface area contributed by atoms with Crippen molar-refractivity contribution in [3.05, 3.63) is 54.0 Å². The lowest BCUT2D eigenvalue weighted by Gasteiger charge is -2.09. The van der Waals surface area contributed by atoms with Gasteiger partial charge in [-0.3, -0.25) is 15.1 Å².